The lowest BCUT2D eigenvalue weighted by Gasteiger charge is -2.23. The Morgan fingerprint density at radius 3 is 2.90 bits per heavy atom. The monoisotopic (exact) mass is 555 g/mol. The van der Waals surface area contributed by atoms with Crippen LogP contribution in [0.15, 0.2) is 48.7 Å². The number of hydrogen-bond acceptors (Lipinski definition) is 9. The number of nitriles is 1. The molecule has 0 aliphatic carbocycles. The molecule has 11 heteroatoms. The van der Waals surface area contributed by atoms with Gasteiger partial charge in [-0.2, -0.15) is 5.26 Å². The Hall–Kier alpha value is -4.82. The lowest BCUT2D eigenvalue weighted by molar-refractivity contribution is 0.0315. The Balaban J connectivity index is 1.27. The van der Waals surface area contributed by atoms with Gasteiger partial charge in [-0.05, 0) is 49.7 Å². The van der Waals surface area contributed by atoms with E-state index in [1.807, 2.05) is 25.1 Å². The van der Waals surface area contributed by atoms with Crippen LogP contribution in [0.5, 0.6) is 11.6 Å². The van der Waals surface area contributed by atoms with Crippen LogP contribution in [0.3, 0.4) is 0 Å². The zero-order chi connectivity index (χ0) is 28.0. The molecule has 2 aromatic heterocycles. The summed E-state index contributed by atoms with van der Waals surface area (Å²) in [5, 5.41) is 12.3. The van der Waals surface area contributed by atoms with Crippen molar-refractivity contribution in [1.82, 2.24) is 15.0 Å². The molecule has 1 N–H and O–H groups in total. The van der Waals surface area contributed by atoms with Crippen LogP contribution in [0, 0.1) is 24.1 Å². The molecule has 0 spiro atoms. The molecule has 9 nitrogen and oxygen atoms in total. The van der Waals surface area contributed by atoms with E-state index in [1.165, 1.54) is 30.6 Å². The molecule has 1 aliphatic heterocycles. The Bertz CT molecular complexity index is 1870. The first-order chi connectivity index (χ1) is 19.2. The zero-order valence-corrected chi connectivity index (χ0v) is 22.6. The Morgan fingerprint density at radius 1 is 1.25 bits per heavy atom. The van der Waals surface area contributed by atoms with Gasteiger partial charge in [0, 0.05) is 29.3 Å². The van der Waals surface area contributed by atoms with E-state index in [9.17, 15) is 4.79 Å². The summed E-state index contributed by atoms with van der Waals surface area (Å²) >= 11 is 1.43. The molecule has 3 aromatic carbocycles. The molecule has 3 heterocycles. The predicted molar refractivity (Wildman–Crippen MR) is 148 cm³/mol. The molecular formula is C29H22FN5O4S. The van der Waals surface area contributed by atoms with Crippen molar-refractivity contribution in [2.24, 2.45) is 0 Å². The Morgan fingerprint density at radius 2 is 2.10 bits per heavy atom. The number of halogens is 1. The van der Waals surface area contributed by atoms with E-state index < -0.39 is 17.5 Å². The summed E-state index contributed by atoms with van der Waals surface area (Å²) in [7, 11) is 1.54. The second kappa shape index (κ2) is 9.73. The first-order valence-corrected chi connectivity index (χ1v) is 13.1. The minimum Gasteiger partial charge on any atom is -0.480 e. The summed E-state index contributed by atoms with van der Waals surface area (Å²) in [5.41, 5.74) is 4.17. The zero-order valence-electron chi connectivity index (χ0n) is 21.7. The second-order valence-corrected chi connectivity index (χ2v) is 10.7. The van der Waals surface area contributed by atoms with E-state index in [1.54, 1.807) is 31.3 Å². The van der Waals surface area contributed by atoms with E-state index in [-0.39, 0.29) is 12.4 Å². The highest BCUT2D eigenvalue weighted by molar-refractivity contribution is 7.22. The van der Waals surface area contributed by atoms with Crippen molar-refractivity contribution in [3.63, 3.8) is 0 Å². The summed E-state index contributed by atoms with van der Waals surface area (Å²) in [6, 6.07) is 13.8. The van der Waals surface area contributed by atoms with E-state index in [2.05, 4.69) is 15.3 Å². The highest BCUT2D eigenvalue weighted by Gasteiger charge is 2.40. The van der Waals surface area contributed by atoms with Crippen LogP contribution in [-0.2, 0) is 11.2 Å². The van der Waals surface area contributed by atoms with Crippen molar-refractivity contribution in [2.75, 3.05) is 19.0 Å². The van der Waals surface area contributed by atoms with Crippen LogP contribution in [-0.4, -0.2) is 40.4 Å². The number of amides is 1. The number of ether oxygens (including phenoxy) is 3. The highest BCUT2D eigenvalue weighted by Crippen LogP contribution is 2.45. The molecule has 0 saturated carbocycles. The van der Waals surface area contributed by atoms with Gasteiger partial charge in [0.25, 0.3) is 0 Å². The van der Waals surface area contributed by atoms with Gasteiger partial charge < -0.3 is 14.2 Å². The maximum Gasteiger partial charge on any atom is 0.411 e. The number of hydrogen-bond donors (Lipinski definition) is 1. The van der Waals surface area contributed by atoms with Gasteiger partial charge in [0.1, 0.15) is 17.2 Å². The lowest BCUT2D eigenvalue weighted by atomic mass is 10.00. The third-order valence-electron chi connectivity index (χ3n) is 6.54. The molecular weight excluding hydrogens is 533 g/mol. The van der Waals surface area contributed by atoms with Gasteiger partial charge in [0.2, 0.25) is 5.88 Å². The molecule has 5 aromatic rings. The van der Waals surface area contributed by atoms with Crippen molar-refractivity contribution >= 4 is 44.4 Å². The van der Waals surface area contributed by atoms with Gasteiger partial charge in [-0.1, -0.05) is 6.07 Å². The smallest absolute Gasteiger partial charge is 0.411 e. The van der Waals surface area contributed by atoms with Gasteiger partial charge in [0.05, 0.1) is 46.2 Å². The summed E-state index contributed by atoms with van der Waals surface area (Å²) < 4.78 is 32.7. The molecule has 1 atom stereocenters. The van der Waals surface area contributed by atoms with E-state index in [0.29, 0.717) is 50.7 Å². The quantitative estimate of drug-likeness (QED) is 0.273. The topological polar surface area (TPSA) is 119 Å². The van der Waals surface area contributed by atoms with Crippen molar-refractivity contribution in [2.45, 2.75) is 25.9 Å². The summed E-state index contributed by atoms with van der Waals surface area (Å²) in [4.78, 5) is 26.2. The first-order valence-electron chi connectivity index (χ1n) is 12.3. The number of aryl methyl sites for hydroxylation is 1. The van der Waals surface area contributed by atoms with Crippen molar-refractivity contribution in [3.05, 3.63) is 71.2 Å². The third kappa shape index (κ3) is 4.63. The van der Waals surface area contributed by atoms with E-state index in [4.69, 9.17) is 24.5 Å². The number of carbonyl (C=O) groups excluding carboxylic acids is 1. The second-order valence-electron chi connectivity index (χ2n) is 9.75. The Labute approximate surface area is 232 Å². The number of fused-ring (bicyclic) bond motifs is 4. The van der Waals surface area contributed by atoms with Crippen LogP contribution in [0.4, 0.5) is 14.9 Å². The fourth-order valence-electron chi connectivity index (χ4n) is 4.75. The average Bonchev–Trinajstić information content (AvgIpc) is 3.53. The van der Waals surface area contributed by atoms with Crippen LogP contribution >= 0.6 is 11.3 Å². The number of nitrogens with zero attached hydrogens (tertiary/aromatic N) is 4. The maximum atomic E-state index is 15.2. The number of rotatable bonds is 5. The number of carbonyl (C=O) groups is 1. The molecule has 200 valence electrons. The van der Waals surface area contributed by atoms with Gasteiger partial charge in [0.15, 0.2) is 11.6 Å². The maximum absolute atomic E-state index is 15.2. The minimum atomic E-state index is -0.981. The molecule has 0 bridgehead atoms. The predicted octanol–water partition coefficient (Wildman–Crippen LogP) is 6.18. The summed E-state index contributed by atoms with van der Waals surface area (Å²) in [5.74, 6) is 0.0188. The number of thiazole rings is 1. The highest BCUT2D eigenvalue weighted by atomic mass is 32.1. The van der Waals surface area contributed by atoms with Crippen molar-refractivity contribution in [3.8, 4) is 28.3 Å². The molecule has 0 saturated heterocycles. The van der Waals surface area contributed by atoms with Crippen LogP contribution in [0.2, 0.25) is 0 Å². The number of benzene rings is 3. The van der Waals surface area contributed by atoms with Gasteiger partial charge in [-0.25, -0.2) is 24.1 Å². The SMILES string of the molecule is COc1cnc2c(-c3nc4cc(F)c5c(c4s3)CC(C)(COC(=O)Nc3cccc(C#N)c3)O5)cc(C)cc2n1. The molecule has 0 radical (unpaired) electrons. The molecule has 0 fully saturated rings. The average molecular weight is 556 g/mol. The molecule has 1 amide bonds. The van der Waals surface area contributed by atoms with Crippen molar-refractivity contribution < 1.29 is 23.4 Å². The van der Waals surface area contributed by atoms with Gasteiger partial charge >= 0.3 is 6.09 Å². The lowest BCUT2D eigenvalue weighted by Crippen LogP contribution is -2.37. The normalized spacial score (nSPS) is 15.9. The van der Waals surface area contributed by atoms with Gasteiger partial charge in [-0.15, -0.1) is 11.3 Å². The largest absolute Gasteiger partial charge is 0.480 e. The van der Waals surface area contributed by atoms with E-state index in [0.717, 1.165) is 15.8 Å². The summed E-state index contributed by atoms with van der Waals surface area (Å²) in [6.45, 7) is 3.61. The molecule has 1 aliphatic rings. The minimum absolute atomic E-state index is 0.113. The third-order valence-corrected chi connectivity index (χ3v) is 7.70. The fraction of sp³-hybridized carbons (Fsp3) is 0.207. The number of nitrogens with one attached hydrogen (secondary N) is 1. The molecule has 6 rings (SSSR count). The van der Waals surface area contributed by atoms with Crippen LogP contribution in [0.25, 0.3) is 31.8 Å². The standard InChI is InChI=1S/C29H22FN5O4S/c1-15-7-18(24-21(8-15)34-23(37-3)13-32-24)27-35-22-10-20(30)25-19(26(22)40-27)11-29(2,39-25)14-38-28(36)33-17-6-4-5-16(9-17)12-31/h4-10,13H,11,14H2,1-3H3,(H,33,36). The van der Waals surface area contributed by atoms with E-state index >= 15 is 4.39 Å². The van der Waals surface area contributed by atoms with Crippen molar-refractivity contribution in [1.29, 1.82) is 5.26 Å². The first kappa shape index (κ1) is 25.5. The summed E-state index contributed by atoms with van der Waals surface area (Å²) in [6.07, 6.45) is 1.17. The van der Waals surface area contributed by atoms with Crippen LogP contribution < -0.4 is 14.8 Å². The Kier molecular flexibility index (Phi) is 6.19. The molecule has 1 unspecified atom stereocenters. The molecule has 40 heavy (non-hydrogen) atoms. The fourth-order valence-corrected chi connectivity index (χ4v) is 5.85. The van der Waals surface area contributed by atoms with Crippen LogP contribution in [0.1, 0.15) is 23.6 Å². The van der Waals surface area contributed by atoms with Gasteiger partial charge in [-0.3, -0.25) is 5.32 Å². The number of aromatic nitrogens is 3. The number of methoxy groups -OCH3 is 1. The number of anilines is 1.